The van der Waals surface area contributed by atoms with E-state index in [0.717, 1.165) is 5.56 Å². The van der Waals surface area contributed by atoms with Crippen molar-refractivity contribution in [1.82, 2.24) is 0 Å². The number of hydrogen-bond acceptors (Lipinski definition) is 7. The largest absolute Gasteiger partial charge is 0.463 e. The number of benzene rings is 2. The number of aryl methyl sites for hydroxylation is 1. The van der Waals surface area contributed by atoms with Crippen LogP contribution < -0.4 is 5.73 Å². The lowest BCUT2D eigenvalue weighted by Crippen LogP contribution is -2.25. The number of nitrogens with two attached hydrogens (primary N) is 1. The molecule has 3 rings (SSSR count). The van der Waals surface area contributed by atoms with Gasteiger partial charge in [-0.05, 0) is 50.6 Å². The molecular weight excluding hydrogens is 416 g/mol. The average Bonchev–Trinajstić information content (AvgIpc) is 2.73. The molecule has 1 unspecified atom stereocenters. The van der Waals surface area contributed by atoms with Crippen molar-refractivity contribution in [3.63, 3.8) is 0 Å². The van der Waals surface area contributed by atoms with Crippen molar-refractivity contribution in [3.8, 4) is 6.07 Å². The second kappa shape index (κ2) is 8.66. The van der Waals surface area contributed by atoms with Crippen LogP contribution in [0.1, 0.15) is 30.9 Å². The second-order valence-corrected chi connectivity index (χ2v) is 8.95. The molecule has 2 aromatic carbocycles. The Hall–Kier alpha value is -3.57. The summed E-state index contributed by atoms with van der Waals surface area (Å²) < 4.78 is 36.4. The molecule has 160 valence electrons. The van der Waals surface area contributed by atoms with Crippen LogP contribution in [0.25, 0.3) is 0 Å². The summed E-state index contributed by atoms with van der Waals surface area (Å²) in [7, 11) is -3.71. The molecule has 1 atom stereocenters. The summed E-state index contributed by atoms with van der Waals surface area (Å²) in [5.41, 5.74) is 7.57. The summed E-state index contributed by atoms with van der Waals surface area (Å²) in [6.07, 6.45) is 0. The Morgan fingerprint density at radius 3 is 2.16 bits per heavy atom. The molecule has 0 amide bonds. The zero-order valence-electron chi connectivity index (χ0n) is 17.4. The molecule has 0 radical (unpaired) electrons. The van der Waals surface area contributed by atoms with Gasteiger partial charge in [0.15, 0.2) is 0 Å². The number of hydrogen-bond donors (Lipinski definition) is 1. The highest BCUT2D eigenvalue weighted by atomic mass is 32.2. The van der Waals surface area contributed by atoms with Crippen molar-refractivity contribution in [2.75, 3.05) is 6.61 Å². The zero-order valence-corrected chi connectivity index (χ0v) is 18.2. The van der Waals surface area contributed by atoms with Gasteiger partial charge in [-0.1, -0.05) is 29.8 Å². The number of carbonyl (C=O) groups is 1. The fourth-order valence-corrected chi connectivity index (χ4v) is 4.64. The minimum absolute atomic E-state index is 0.0581. The molecule has 2 N–H and O–H groups in total. The molecule has 0 saturated heterocycles. The van der Waals surface area contributed by atoms with Gasteiger partial charge in [-0.25, -0.2) is 13.2 Å². The van der Waals surface area contributed by atoms with Crippen molar-refractivity contribution in [2.24, 2.45) is 5.73 Å². The number of sulfone groups is 1. The first kappa shape index (κ1) is 22.1. The van der Waals surface area contributed by atoms with E-state index in [0.29, 0.717) is 5.56 Å². The Bertz CT molecular complexity index is 1220. The predicted octanol–water partition coefficient (Wildman–Crippen LogP) is 3.47. The van der Waals surface area contributed by atoms with Gasteiger partial charge in [0.25, 0.3) is 0 Å². The Balaban J connectivity index is 2.06. The normalized spacial score (nSPS) is 16.5. The lowest BCUT2D eigenvalue weighted by atomic mass is 9.83. The quantitative estimate of drug-likeness (QED) is 0.710. The molecule has 0 aromatic heterocycles. The van der Waals surface area contributed by atoms with Crippen LogP contribution in [0.5, 0.6) is 0 Å². The smallest absolute Gasteiger partial charge is 0.338 e. The van der Waals surface area contributed by atoms with Crippen molar-refractivity contribution in [2.45, 2.75) is 36.5 Å². The molecule has 0 saturated carbocycles. The summed E-state index contributed by atoms with van der Waals surface area (Å²) in [5.74, 6) is -1.32. The minimum Gasteiger partial charge on any atom is -0.463 e. The van der Waals surface area contributed by atoms with Gasteiger partial charge in [-0.2, -0.15) is 5.26 Å². The van der Waals surface area contributed by atoms with Gasteiger partial charge in [0.2, 0.25) is 15.7 Å². The van der Waals surface area contributed by atoms with Crippen LogP contribution >= 0.6 is 0 Å². The molecule has 1 aliphatic rings. The summed E-state index contributed by atoms with van der Waals surface area (Å²) >= 11 is 0. The maximum Gasteiger partial charge on any atom is 0.338 e. The first-order valence-corrected chi connectivity index (χ1v) is 11.1. The fraction of sp³-hybridized carbons (Fsp3) is 0.217. The van der Waals surface area contributed by atoms with E-state index in [9.17, 15) is 18.5 Å². The Labute approximate surface area is 181 Å². The summed E-state index contributed by atoms with van der Waals surface area (Å²) in [4.78, 5) is 12.9. The molecule has 31 heavy (non-hydrogen) atoms. The van der Waals surface area contributed by atoms with Crippen LogP contribution in [0.15, 0.2) is 81.1 Å². The highest BCUT2D eigenvalue weighted by Crippen LogP contribution is 2.40. The fourth-order valence-electron chi connectivity index (χ4n) is 3.38. The van der Waals surface area contributed by atoms with Crippen LogP contribution in [0.4, 0.5) is 0 Å². The molecule has 0 spiro atoms. The topological polar surface area (TPSA) is 119 Å². The number of nitrogens with zero attached hydrogens (tertiary/aromatic N) is 1. The predicted molar refractivity (Wildman–Crippen MR) is 113 cm³/mol. The first-order valence-electron chi connectivity index (χ1n) is 9.57. The number of rotatable bonds is 5. The maximum absolute atomic E-state index is 12.9. The van der Waals surface area contributed by atoms with Crippen LogP contribution in [-0.2, 0) is 24.1 Å². The second-order valence-electron chi connectivity index (χ2n) is 7.00. The molecule has 1 aliphatic heterocycles. The van der Waals surface area contributed by atoms with Gasteiger partial charge >= 0.3 is 5.97 Å². The standard InChI is InChI=1S/C23H22N2O5S/c1-4-29-23(26)20-15(3)30-22(25)19(13-24)21(20)16-7-11-18(12-8-16)31(27,28)17-9-5-14(2)6-10-17/h5-12,21H,4,25H2,1-3H3. The van der Waals surface area contributed by atoms with Gasteiger partial charge in [0.1, 0.15) is 17.4 Å². The minimum atomic E-state index is -3.71. The van der Waals surface area contributed by atoms with Crippen molar-refractivity contribution in [1.29, 1.82) is 5.26 Å². The third-order valence-corrected chi connectivity index (χ3v) is 6.74. The lowest BCUT2D eigenvalue weighted by molar-refractivity contribution is -0.139. The first-order chi connectivity index (χ1) is 14.7. The Kier molecular flexibility index (Phi) is 6.18. The molecule has 2 aromatic rings. The molecule has 1 heterocycles. The van der Waals surface area contributed by atoms with E-state index < -0.39 is 21.7 Å². The van der Waals surface area contributed by atoms with Gasteiger partial charge in [-0.3, -0.25) is 0 Å². The lowest BCUT2D eigenvalue weighted by Gasteiger charge is -2.26. The van der Waals surface area contributed by atoms with E-state index >= 15 is 0 Å². The SMILES string of the molecule is CCOC(=O)C1=C(C)OC(N)=C(C#N)C1c1ccc(S(=O)(=O)c2ccc(C)cc2)cc1. The van der Waals surface area contributed by atoms with Crippen molar-refractivity contribution >= 4 is 15.8 Å². The van der Waals surface area contributed by atoms with Crippen molar-refractivity contribution < 1.29 is 22.7 Å². The van der Waals surface area contributed by atoms with Crippen LogP contribution in [0, 0.1) is 18.3 Å². The van der Waals surface area contributed by atoms with E-state index in [1.54, 1.807) is 50.2 Å². The van der Waals surface area contributed by atoms with Gasteiger partial charge in [-0.15, -0.1) is 0 Å². The van der Waals surface area contributed by atoms with E-state index in [4.69, 9.17) is 15.2 Å². The van der Waals surface area contributed by atoms with E-state index in [1.165, 1.54) is 12.1 Å². The Morgan fingerprint density at radius 1 is 1.10 bits per heavy atom. The highest BCUT2D eigenvalue weighted by Gasteiger charge is 2.36. The van der Waals surface area contributed by atoms with E-state index in [-0.39, 0.29) is 39.2 Å². The molecule has 0 bridgehead atoms. The maximum atomic E-state index is 12.9. The highest BCUT2D eigenvalue weighted by molar-refractivity contribution is 7.91. The third-order valence-electron chi connectivity index (χ3n) is 4.96. The van der Waals surface area contributed by atoms with Gasteiger partial charge < -0.3 is 15.2 Å². The molecular formula is C23H22N2O5S. The zero-order chi connectivity index (χ0) is 22.8. The third kappa shape index (κ3) is 4.18. The van der Waals surface area contributed by atoms with Gasteiger partial charge in [0, 0.05) is 0 Å². The number of carbonyl (C=O) groups excluding carboxylic acids is 1. The number of esters is 1. The summed E-state index contributed by atoms with van der Waals surface area (Å²) in [6, 6.07) is 14.6. The van der Waals surface area contributed by atoms with Crippen LogP contribution in [-0.4, -0.2) is 21.0 Å². The van der Waals surface area contributed by atoms with Crippen molar-refractivity contribution in [3.05, 3.63) is 82.4 Å². The van der Waals surface area contributed by atoms with E-state index in [1.807, 2.05) is 13.0 Å². The van der Waals surface area contributed by atoms with Crippen LogP contribution in [0.3, 0.4) is 0 Å². The summed E-state index contributed by atoms with van der Waals surface area (Å²) in [5, 5.41) is 9.63. The van der Waals surface area contributed by atoms with Gasteiger partial charge in [0.05, 0.1) is 27.9 Å². The monoisotopic (exact) mass is 438 g/mol. The Morgan fingerprint density at radius 2 is 1.65 bits per heavy atom. The number of ether oxygens (including phenoxy) is 2. The summed E-state index contributed by atoms with van der Waals surface area (Å²) in [6.45, 7) is 5.27. The number of nitriles is 1. The van der Waals surface area contributed by atoms with E-state index in [2.05, 4.69) is 0 Å². The molecule has 7 nitrogen and oxygen atoms in total. The molecule has 0 aliphatic carbocycles. The van der Waals surface area contributed by atoms with Crippen LogP contribution in [0.2, 0.25) is 0 Å². The average molecular weight is 439 g/mol. The number of allylic oxidation sites excluding steroid dienone is 2. The molecule has 8 heteroatoms. The molecule has 0 fully saturated rings.